The lowest BCUT2D eigenvalue weighted by Crippen LogP contribution is -2.37. The van der Waals surface area contributed by atoms with Crippen LogP contribution in [-0.2, 0) is 6.54 Å². The largest absolute Gasteiger partial charge is 0.393 e. The van der Waals surface area contributed by atoms with Crippen LogP contribution in [0.5, 0.6) is 0 Å². The van der Waals surface area contributed by atoms with Gasteiger partial charge in [-0.3, -0.25) is 0 Å². The SMILES string of the molecule is Cc1nn(-c2ccccc2)c(C)c1CNC(=O)NCCC(O)C(C)C. The smallest absolute Gasteiger partial charge is 0.315 e. The maximum absolute atomic E-state index is 11.9. The van der Waals surface area contributed by atoms with Gasteiger partial charge in [0, 0.05) is 24.3 Å². The Kier molecular flexibility index (Phi) is 6.58. The molecule has 1 aromatic carbocycles. The normalized spacial score (nSPS) is 12.2. The van der Waals surface area contributed by atoms with Gasteiger partial charge in [0.2, 0.25) is 0 Å². The molecule has 0 spiro atoms. The second-order valence-corrected chi connectivity index (χ2v) is 6.61. The van der Waals surface area contributed by atoms with Crippen LogP contribution < -0.4 is 10.6 Å². The first-order valence-corrected chi connectivity index (χ1v) is 8.70. The molecule has 0 bridgehead atoms. The van der Waals surface area contributed by atoms with Crippen LogP contribution in [0.3, 0.4) is 0 Å². The Morgan fingerprint density at radius 1 is 1.20 bits per heavy atom. The number of carbonyl (C=O) groups is 1. The molecule has 0 aliphatic carbocycles. The van der Waals surface area contributed by atoms with Gasteiger partial charge in [-0.2, -0.15) is 5.10 Å². The van der Waals surface area contributed by atoms with Crippen LogP contribution in [0, 0.1) is 19.8 Å². The lowest BCUT2D eigenvalue weighted by Gasteiger charge is -2.14. The molecule has 0 fully saturated rings. The number of rotatable bonds is 7. The second kappa shape index (κ2) is 8.67. The number of aromatic nitrogens is 2. The third-order valence-electron chi connectivity index (χ3n) is 4.36. The number of aliphatic hydroxyl groups excluding tert-OH is 1. The number of amides is 2. The Morgan fingerprint density at radius 3 is 2.52 bits per heavy atom. The highest BCUT2D eigenvalue weighted by Crippen LogP contribution is 2.17. The van der Waals surface area contributed by atoms with Crippen molar-refractivity contribution in [2.75, 3.05) is 6.54 Å². The average molecular weight is 344 g/mol. The molecule has 6 heteroatoms. The molecule has 1 unspecified atom stereocenters. The van der Waals surface area contributed by atoms with Crippen molar-refractivity contribution in [2.24, 2.45) is 5.92 Å². The van der Waals surface area contributed by atoms with Crippen LogP contribution in [0.2, 0.25) is 0 Å². The van der Waals surface area contributed by atoms with Gasteiger partial charge in [-0.05, 0) is 38.3 Å². The van der Waals surface area contributed by atoms with Crippen molar-refractivity contribution < 1.29 is 9.90 Å². The Morgan fingerprint density at radius 2 is 1.88 bits per heavy atom. The zero-order valence-electron chi connectivity index (χ0n) is 15.4. The van der Waals surface area contributed by atoms with Crippen LogP contribution in [0.25, 0.3) is 5.69 Å². The van der Waals surface area contributed by atoms with E-state index in [4.69, 9.17) is 0 Å². The van der Waals surface area contributed by atoms with Gasteiger partial charge in [-0.1, -0.05) is 32.0 Å². The van der Waals surface area contributed by atoms with Crippen molar-refractivity contribution >= 4 is 6.03 Å². The first-order chi connectivity index (χ1) is 11.9. The number of carbonyl (C=O) groups excluding carboxylic acids is 1. The van der Waals surface area contributed by atoms with Crippen LogP contribution >= 0.6 is 0 Å². The minimum Gasteiger partial charge on any atom is -0.393 e. The minimum atomic E-state index is -0.395. The summed E-state index contributed by atoms with van der Waals surface area (Å²) in [5, 5.41) is 20.0. The van der Waals surface area contributed by atoms with E-state index in [1.165, 1.54) is 0 Å². The zero-order chi connectivity index (χ0) is 18.4. The highest BCUT2D eigenvalue weighted by Gasteiger charge is 2.14. The van der Waals surface area contributed by atoms with Crippen LogP contribution in [-0.4, -0.2) is 33.6 Å². The van der Waals surface area contributed by atoms with Crippen molar-refractivity contribution in [1.29, 1.82) is 0 Å². The molecule has 2 rings (SSSR count). The predicted molar refractivity (Wildman–Crippen MR) is 98.7 cm³/mol. The van der Waals surface area contributed by atoms with Crippen molar-refractivity contribution in [3.8, 4) is 5.69 Å². The lowest BCUT2D eigenvalue weighted by atomic mass is 10.0. The van der Waals surface area contributed by atoms with Crippen molar-refractivity contribution in [3.05, 3.63) is 47.3 Å². The summed E-state index contributed by atoms with van der Waals surface area (Å²) in [5.41, 5.74) is 3.93. The Balaban J connectivity index is 1.91. The summed E-state index contributed by atoms with van der Waals surface area (Å²) < 4.78 is 1.89. The fourth-order valence-corrected chi connectivity index (χ4v) is 2.65. The minimum absolute atomic E-state index is 0.194. The summed E-state index contributed by atoms with van der Waals surface area (Å²) in [7, 11) is 0. The standard InChI is InChI=1S/C19H28N4O2/c1-13(2)18(24)10-11-20-19(25)21-12-17-14(3)22-23(15(17)4)16-8-6-5-7-9-16/h5-9,13,18,24H,10-12H2,1-4H3,(H2,20,21,25). The molecule has 2 amide bonds. The third-order valence-corrected chi connectivity index (χ3v) is 4.36. The molecular weight excluding hydrogens is 316 g/mol. The van der Waals surface area contributed by atoms with Crippen molar-refractivity contribution in [2.45, 2.75) is 46.8 Å². The summed E-state index contributed by atoms with van der Waals surface area (Å²) in [6, 6.07) is 9.69. The van der Waals surface area contributed by atoms with Gasteiger partial charge >= 0.3 is 6.03 Å². The molecular formula is C19H28N4O2. The quantitative estimate of drug-likeness (QED) is 0.722. The highest BCUT2D eigenvalue weighted by atomic mass is 16.3. The Hall–Kier alpha value is -2.34. The molecule has 1 heterocycles. The van der Waals surface area contributed by atoms with Gasteiger partial charge in [0.15, 0.2) is 0 Å². The third kappa shape index (κ3) is 5.06. The average Bonchev–Trinajstić information content (AvgIpc) is 2.88. The fourth-order valence-electron chi connectivity index (χ4n) is 2.65. The summed E-state index contributed by atoms with van der Waals surface area (Å²) in [6.45, 7) is 8.73. The molecule has 0 saturated heterocycles. The van der Waals surface area contributed by atoms with Crippen LogP contribution in [0.1, 0.15) is 37.2 Å². The van der Waals surface area contributed by atoms with E-state index in [-0.39, 0.29) is 11.9 Å². The molecule has 0 aliphatic rings. The summed E-state index contributed by atoms with van der Waals surface area (Å²) in [5.74, 6) is 0.194. The van der Waals surface area contributed by atoms with Crippen LogP contribution in [0.15, 0.2) is 30.3 Å². The molecule has 6 nitrogen and oxygen atoms in total. The molecule has 25 heavy (non-hydrogen) atoms. The van der Waals surface area contributed by atoms with E-state index in [1.54, 1.807) is 0 Å². The van der Waals surface area contributed by atoms with Gasteiger partial charge in [0.1, 0.15) is 0 Å². The van der Waals surface area contributed by atoms with Gasteiger partial charge in [0.05, 0.1) is 17.5 Å². The van der Waals surface area contributed by atoms with Gasteiger partial charge in [0.25, 0.3) is 0 Å². The van der Waals surface area contributed by atoms with E-state index in [9.17, 15) is 9.90 Å². The van der Waals surface area contributed by atoms with E-state index in [0.29, 0.717) is 19.5 Å². The number of hydrogen-bond donors (Lipinski definition) is 3. The van der Waals surface area contributed by atoms with Gasteiger partial charge in [-0.25, -0.2) is 9.48 Å². The number of aryl methyl sites for hydroxylation is 1. The van der Waals surface area contributed by atoms with Gasteiger partial charge in [-0.15, -0.1) is 0 Å². The summed E-state index contributed by atoms with van der Waals surface area (Å²) >= 11 is 0. The first-order valence-electron chi connectivity index (χ1n) is 8.70. The second-order valence-electron chi connectivity index (χ2n) is 6.61. The molecule has 3 N–H and O–H groups in total. The number of aliphatic hydroxyl groups is 1. The van der Waals surface area contributed by atoms with Crippen molar-refractivity contribution in [1.82, 2.24) is 20.4 Å². The maximum Gasteiger partial charge on any atom is 0.315 e. The van der Waals surface area contributed by atoms with E-state index in [1.807, 2.05) is 62.7 Å². The predicted octanol–water partition coefficient (Wildman–Crippen LogP) is 2.70. The number of hydrogen-bond acceptors (Lipinski definition) is 3. The summed E-state index contributed by atoms with van der Waals surface area (Å²) in [6.07, 6.45) is 0.156. The van der Waals surface area contributed by atoms with Crippen LogP contribution in [0.4, 0.5) is 4.79 Å². The fraction of sp³-hybridized carbons (Fsp3) is 0.474. The first kappa shape index (κ1) is 19.0. The summed E-state index contributed by atoms with van der Waals surface area (Å²) in [4.78, 5) is 11.9. The molecule has 2 aromatic rings. The molecule has 136 valence electrons. The van der Waals surface area contributed by atoms with E-state index in [2.05, 4.69) is 15.7 Å². The lowest BCUT2D eigenvalue weighted by molar-refractivity contribution is 0.116. The molecule has 0 saturated carbocycles. The van der Waals surface area contributed by atoms with Gasteiger partial charge < -0.3 is 15.7 Å². The van der Waals surface area contributed by atoms with Crippen molar-refractivity contribution in [3.63, 3.8) is 0 Å². The molecule has 1 aromatic heterocycles. The zero-order valence-corrected chi connectivity index (χ0v) is 15.4. The van der Waals surface area contributed by atoms with E-state index in [0.717, 1.165) is 22.6 Å². The molecule has 1 atom stereocenters. The monoisotopic (exact) mass is 344 g/mol. The number of nitrogens with zero attached hydrogens (tertiary/aromatic N) is 2. The van der Waals surface area contributed by atoms with E-state index < -0.39 is 6.10 Å². The number of nitrogens with one attached hydrogen (secondary N) is 2. The Labute approximate surface area is 149 Å². The maximum atomic E-state index is 11.9. The number of benzene rings is 1. The molecule has 0 aliphatic heterocycles. The molecule has 0 radical (unpaired) electrons. The topological polar surface area (TPSA) is 79.2 Å². The number of urea groups is 1. The van der Waals surface area contributed by atoms with E-state index >= 15 is 0 Å². The Bertz CT molecular complexity index is 695. The number of para-hydroxylation sites is 1. The highest BCUT2D eigenvalue weighted by molar-refractivity contribution is 5.73.